The van der Waals surface area contributed by atoms with Crippen molar-refractivity contribution in [3.63, 3.8) is 0 Å². The van der Waals surface area contributed by atoms with Crippen LogP contribution in [-0.4, -0.2) is 26.6 Å². The van der Waals surface area contributed by atoms with E-state index in [0.29, 0.717) is 6.42 Å². The smallest absolute Gasteiger partial charge is 0.239 e. The molecule has 5 nitrogen and oxygen atoms in total. The third-order valence-corrected chi connectivity index (χ3v) is 4.77. The van der Waals surface area contributed by atoms with Crippen molar-refractivity contribution < 1.29 is 17.6 Å². The molecule has 128 valence electrons. The van der Waals surface area contributed by atoms with Gasteiger partial charge in [-0.3, -0.25) is 4.79 Å². The minimum absolute atomic E-state index is 0.118. The maximum atomic E-state index is 13.0. The normalized spacial score (nSPS) is 11.2. The monoisotopic (exact) mass is 370 g/mol. The summed E-state index contributed by atoms with van der Waals surface area (Å²) in [6.07, 6.45) is 0.353. The second kappa shape index (κ2) is 8.23. The number of hydrogen-bond acceptors (Lipinski definition) is 3. The van der Waals surface area contributed by atoms with E-state index in [1.165, 1.54) is 12.1 Å². The molecule has 0 atom stereocenters. The van der Waals surface area contributed by atoms with Crippen LogP contribution in [0.1, 0.15) is 5.56 Å². The standard InChI is InChI=1S/C16H16ClFN2O3S/c17-14-10-13(6-7-15(14)18)20-16(21)11-19-24(22,23)9-8-12-4-2-1-3-5-12/h1-7,10,19H,8-9,11H2,(H,20,21). The summed E-state index contributed by atoms with van der Waals surface area (Å²) in [6.45, 7) is -0.411. The van der Waals surface area contributed by atoms with Gasteiger partial charge in [-0.2, -0.15) is 0 Å². The molecule has 0 aliphatic carbocycles. The molecule has 0 aliphatic rings. The largest absolute Gasteiger partial charge is 0.325 e. The minimum Gasteiger partial charge on any atom is -0.325 e. The van der Waals surface area contributed by atoms with Gasteiger partial charge in [-0.05, 0) is 30.2 Å². The average molecular weight is 371 g/mol. The summed E-state index contributed by atoms with van der Waals surface area (Å²) in [5, 5.41) is 2.31. The first kappa shape index (κ1) is 18.4. The highest BCUT2D eigenvalue weighted by Gasteiger charge is 2.13. The molecule has 0 radical (unpaired) electrons. The molecule has 2 aromatic rings. The van der Waals surface area contributed by atoms with E-state index in [1.807, 2.05) is 30.3 Å². The number of carbonyl (C=O) groups is 1. The van der Waals surface area contributed by atoms with Gasteiger partial charge in [-0.1, -0.05) is 41.9 Å². The van der Waals surface area contributed by atoms with Crippen molar-refractivity contribution in [3.8, 4) is 0 Å². The molecule has 24 heavy (non-hydrogen) atoms. The predicted molar refractivity (Wildman–Crippen MR) is 92.0 cm³/mol. The number of benzene rings is 2. The molecular weight excluding hydrogens is 355 g/mol. The zero-order valence-electron chi connectivity index (χ0n) is 12.6. The number of hydrogen-bond donors (Lipinski definition) is 2. The second-order valence-electron chi connectivity index (χ2n) is 5.05. The Labute approximate surface area is 144 Å². The van der Waals surface area contributed by atoms with Gasteiger partial charge in [0, 0.05) is 5.69 Å². The molecular formula is C16H16ClFN2O3S. The Morgan fingerprint density at radius 1 is 1.12 bits per heavy atom. The van der Waals surface area contributed by atoms with E-state index in [0.717, 1.165) is 11.6 Å². The molecule has 0 spiro atoms. The van der Waals surface area contributed by atoms with E-state index in [-0.39, 0.29) is 16.5 Å². The Bertz CT molecular complexity index is 813. The Kier molecular flexibility index (Phi) is 6.30. The van der Waals surface area contributed by atoms with E-state index >= 15 is 0 Å². The van der Waals surface area contributed by atoms with Gasteiger partial charge in [-0.25, -0.2) is 17.5 Å². The first-order valence-corrected chi connectivity index (χ1v) is 9.15. The fourth-order valence-electron chi connectivity index (χ4n) is 1.92. The molecule has 8 heteroatoms. The van der Waals surface area contributed by atoms with Gasteiger partial charge >= 0.3 is 0 Å². The number of anilines is 1. The van der Waals surface area contributed by atoms with Crippen LogP contribution in [0.4, 0.5) is 10.1 Å². The first-order chi connectivity index (χ1) is 11.4. The third-order valence-electron chi connectivity index (χ3n) is 3.16. The number of amides is 1. The van der Waals surface area contributed by atoms with Crippen LogP contribution in [0.15, 0.2) is 48.5 Å². The fraction of sp³-hybridized carbons (Fsp3) is 0.188. The van der Waals surface area contributed by atoms with Gasteiger partial charge in [0.2, 0.25) is 15.9 Å². The number of sulfonamides is 1. The molecule has 0 saturated heterocycles. The number of rotatable bonds is 7. The Hall–Kier alpha value is -1.96. The molecule has 0 aromatic heterocycles. The molecule has 2 aromatic carbocycles. The van der Waals surface area contributed by atoms with Crippen molar-refractivity contribution in [2.75, 3.05) is 17.6 Å². The summed E-state index contributed by atoms with van der Waals surface area (Å²) in [5.74, 6) is -1.29. The van der Waals surface area contributed by atoms with Gasteiger partial charge in [0.05, 0.1) is 17.3 Å². The van der Waals surface area contributed by atoms with Gasteiger partial charge in [0.1, 0.15) is 5.82 Å². The van der Waals surface area contributed by atoms with E-state index in [2.05, 4.69) is 10.0 Å². The van der Waals surface area contributed by atoms with Gasteiger partial charge in [0.15, 0.2) is 0 Å². The van der Waals surface area contributed by atoms with Gasteiger partial charge in [-0.15, -0.1) is 0 Å². The SMILES string of the molecule is O=C(CNS(=O)(=O)CCc1ccccc1)Nc1ccc(F)c(Cl)c1. The maximum Gasteiger partial charge on any atom is 0.239 e. The van der Waals surface area contributed by atoms with Crippen LogP contribution in [0.25, 0.3) is 0 Å². The summed E-state index contributed by atoms with van der Waals surface area (Å²) in [7, 11) is -3.58. The molecule has 0 bridgehead atoms. The molecule has 0 aliphatic heterocycles. The van der Waals surface area contributed by atoms with E-state index in [9.17, 15) is 17.6 Å². The van der Waals surface area contributed by atoms with Crippen LogP contribution in [-0.2, 0) is 21.2 Å². The average Bonchev–Trinajstić information content (AvgIpc) is 2.56. The molecule has 0 heterocycles. The molecule has 0 saturated carbocycles. The van der Waals surface area contributed by atoms with Crippen molar-refractivity contribution in [2.24, 2.45) is 0 Å². The van der Waals surface area contributed by atoms with Crippen LogP contribution >= 0.6 is 11.6 Å². The van der Waals surface area contributed by atoms with Gasteiger partial charge < -0.3 is 5.32 Å². The van der Waals surface area contributed by atoms with Gasteiger partial charge in [0.25, 0.3) is 0 Å². The van der Waals surface area contributed by atoms with Crippen molar-refractivity contribution >= 4 is 33.2 Å². The van der Waals surface area contributed by atoms with Crippen LogP contribution in [0.2, 0.25) is 5.02 Å². The predicted octanol–water partition coefficient (Wildman–Crippen LogP) is 2.58. The van der Waals surface area contributed by atoms with Crippen LogP contribution in [0.3, 0.4) is 0 Å². The van der Waals surface area contributed by atoms with Crippen molar-refractivity contribution in [3.05, 3.63) is 64.9 Å². The third kappa shape index (κ3) is 5.92. The highest BCUT2D eigenvalue weighted by Crippen LogP contribution is 2.19. The fourth-order valence-corrected chi connectivity index (χ4v) is 3.10. The topological polar surface area (TPSA) is 75.3 Å². The quantitative estimate of drug-likeness (QED) is 0.786. The molecule has 0 unspecified atom stereocenters. The Morgan fingerprint density at radius 2 is 1.83 bits per heavy atom. The summed E-state index contributed by atoms with van der Waals surface area (Å²) < 4.78 is 39.1. The summed E-state index contributed by atoms with van der Waals surface area (Å²) in [5.41, 5.74) is 1.18. The second-order valence-corrected chi connectivity index (χ2v) is 7.39. The van der Waals surface area contributed by atoms with E-state index in [4.69, 9.17) is 11.6 Å². The van der Waals surface area contributed by atoms with E-state index in [1.54, 1.807) is 0 Å². The van der Waals surface area contributed by atoms with Crippen LogP contribution in [0, 0.1) is 5.82 Å². The highest BCUT2D eigenvalue weighted by atomic mass is 35.5. The van der Waals surface area contributed by atoms with Crippen molar-refractivity contribution in [1.29, 1.82) is 0 Å². The molecule has 2 rings (SSSR count). The highest BCUT2D eigenvalue weighted by molar-refractivity contribution is 7.89. The first-order valence-electron chi connectivity index (χ1n) is 7.12. The Balaban J connectivity index is 1.82. The number of halogens is 2. The zero-order valence-corrected chi connectivity index (χ0v) is 14.2. The van der Waals surface area contributed by atoms with E-state index < -0.39 is 28.3 Å². The lowest BCUT2D eigenvalue weighted by atomic mass is 10.2. The Morgan fingerprint density at radius 3 is 2.50 bits per heavy atom. The van der Waals surface area contributed by atoms with Crippen molar-refractivity contribution in [1.82, 2.24) is 4.72 Å². The van der Waals surface area contributed by atoms with Crippen molar-refractivity contribution in [2.45, 2.75) is 6.42 Å². The molecule has 0 fully saturated rings. The number of aryl methyl sites for hydroxylation is 1. The molecule has 2 N–H and O–H groups in total. The zero-order chi connectivity index (χ0) is 17.6. The summed E-state index contributed by atoms with van der Waals surface area (Å²) in [4.78, 5) is 11.8. The summed E-state index contributed by atoms with van der Waals surface area (Å²) in [6, 6.07) is 12.9. The van der Waals surface area contributed by atoms with Crippen LogP contribution < -0.4 is 10.0 Å². The lowest BCUT2D eigenvalue weighted by Crippen LogP contribution is -2.34. The van der Waals surface area contributed by atoms with Crippen LogP contribution in [0.5, 0.6) is 0 Å². The lowest BCUT2D eigenvalue weighted by molar-refractivity contribution is -0.115. The minimum atomic E-state index is -3.58. The maximum absolute atomic E-state index is 13.0. The lowest BCUT2D eigenvalue weighted by Gasteiger charge is -2.08. The number of nitrogens with one attached hydrogen (secondary N) is 2. The molecule has 1 amide bonds. The summed E-state index contributed by atoms with van der Waals surface area (Å²) >= 11 is 5.61. The number of carbonyl (C=O) groups excluding carboxylic acids is 1.